The minimum absolute atomic E-state index is 0.0785. The summed E-state index contributed by atoms with van der Waals surface area (Å²) >= 11 is 0. The third kappa shape index (κ3) is 3.98. The SMILES string of the molecule is Cc1nccc(-c2cnn(CC(=O)Nc3ccnn3Cc3ccc(C)o3)c2)n1. The molecule has 4 heterocycles. The van der Waals surface area contributed by atoms with Crippen LogP contribution in [-0.4, -0.2) is 35.4 Å². The van der Waals surface area contributed by atoms with Crippen LogP contribution in [0.4, 0.5) is 5.82 Å². The van der Waals surface area contributed by atoms with E-state index in [0.717, 1.165) is 22.8 Å². The minimum Gasteiger partial charge on any atom is -0.464 e. The number of aromatic nitrogens is 6. The summed E-state index contributed by atoms with van der Waals surface area (Å²) < 4.78 is 8.81. The highest BCUT2D eigenvalue weighted by Crippen LogP contribution is 2.16. The number of nitrogens with one attached hydrogen (secondary N) is 1. The lowest BCUT2D eigenvalue weighted by atomic mass is 10.2. The molecule has 0 radical (unpaired) electrons. The van der Waals surface area contributed by atoms with Gasteiger partial charge in [-0.3, -0.25) is 9.48 Å². The molecule has 0 aromatic carbocycles. The predicted molar refractivity (Wildman–Crippen MR) is 101 cm³/mol. The molecular formula is C19H19N7O2. The summed E-state index contributed by atoms with van der Waals surface area (Å²) in [4.78, 5) is 20.9. The second-order valence-corrected chi connectivity index (χ2v) is 6.35. The van der Waals surface area contributed by atoms with E-state index >= 15 is 0 Å². The van der Waals surface area contributed by atoms with E-state index in [-0.39, 0.29) is 12.5 Å². The Morgan fingerprint density at radius 3 is 2.82 bits per heavy atom. The van der Waals surface area contributed by atoms with Gasteiger partial charge in [0.2, 0.25) is 5.91 Å². The molecule has 0 fully saturated rings. The Kier molecular flexibility index (Phi) is 4.71. The number of aryl methyl sites for hydroxylation is 2. The summed E-state index contributed by atoms with van der Waals surface area (Å²) in [6.07, 6.45) is 6.79. The molecule has 0 bridgehead atoms. The molecule has 0 aliphatic carbocycles. The molecule has 1 amide bonds. The molecule has 0 saturated heterocycles. The van der Waals surface area contributed by atoms with Crippen molar-refractivity contribution < 1.29 is 9.21 Å². The molecule has 142 valence electrons. The lowest BCUT2D eigenvalue weighted by Crippen LogP contribution is -2.21. The first kappa shape index (κ1) is 17.7. The van der Waals surface area contributed by atoms with E-state index in [2.05, 4.69) is 25.5 Å². The normalized spacial score (nSPS) is 10.9. The lowest BCUT2D eigenvalue weighted by molar-refractivity contribution is -0.116. The van der Waals surface area contributed by atoms with Gasteiger partial charge in [-0.1, -0.05) is 0 Å². The van der Waals surface area contributed by atoms with Gasteiger partial charge >= 0.3 is 0 Å². The van der Waals surface area contributed by atoms with Gasteiger partial charge in [0.25, 0.3) is 0 Å². The summed E-state index contributed by atoms with van der Waals surface area (Å²) in [6.45, 7) is 4.23. The molecule has 28 heavy (non-hydrogen) atoms. The third-order valence-corrected chi connectivity index (χ3v) is 4.10. The van der Waals surface area contributed by atoms with E-state index in [1.165, 1.54) is 0 Å². The Balaban J connectivity index is 1.41. The highest BCUT2D eigenvalue weighted by atomic mass is 16.3. The molecule has 4 aromatic heterocycles. The smallest absolute Gasteiger partial charge is 0.247 e. The summed E-state index contributed by atoms with van der Waals surface area (Å²) in [5, 5.41) is 11.3. The fraction of sp³-hybridized carbons (Fsp3) is 0.211. The zero-order valence-corrected chi connectivity index (χ0v) is 15.5. The van der Waals surface area contributed by atoms with E-state index in [1.54, 1.807) is 40.2 Å². The summed E-state index contributed by atoms with van der Waals surface area (Å²) in [5.74, 6) is 2.68. The molecule has 0 saturated carbocycles. The number of furan rings is 1. The van der Waals surface area contributed by atoms with E-state index in [4.69, 9.17) is 4.42 Å². The molecule has 9 nitrogen and oxygen atoms in total. The number of amides is 1. The van der Waals surface area contributed by atoms with Crippen LogP contribution in [-0.2, 0) is 17.9 Å². The maximum absolute atomic E-state index is 12.4. The van der Waals surface area contributed by atoms with Crippen molar-refractivity contribution in [3.63, 3.8) is 0 Å². The molecular weight excluding hydrogens is 358 g/mol. The van der Waals surface area contributed by atoms with Crippen LogP contribution in [0.15, 0.2) is 53.5 Å². The van der Waals surface area contributed by atoms with Crippen molar-refractivity contribution in [2.75, 3.05) is 5.32 Å². The third-order valence-electron chi connectivity index (χ3n) is 4.10. The maximum atomic E-state index is 12.4. The number of carbonyl (C=O) groups excluding carboxylic acids is 1. The van der Waals surface area contributed by atoms with Crippen molar-refractivity contribution >= 4 is 11.7 Å². The molecule has 4 aromatic rings. The van der Waals surface area contributed by atoms with E-state index in [0.29, 0.717) is 18.2 Å². The zero-order chi connectivity index (χ0) is 19.5. The van der Waals surface area contributed by atoms with Gasteiger partial charge in [0.1, 0.15) is 36.3 Å². The van der Waals surface area contributed by atoms with Gasteiger partial charge in [0, 0.05) is 24.0 Å². The van der Waals surface area contributed by atoms with Gasteiger partial charge in [-0.15, -0.1) is 0 Å². The number of rotatable bonds is 6. The fourth-order valence-corrected chi connectivity index (χ4v) is 2.81. The molecule has 4 rings (SSSR count). The lowest BCUT2D eigenvalue weighted by Gasteiger charge is -2.08. The van der Waals surface area contributed by atoms with Crippen molar-refractivity contribution in [1.82, 2.24) is 29.5 Å². The largest absolute Gasteiger partial charge is 0.464 e. The van der Waals surface area contributed by atoms with Crippen molar-refractivity contribution in [3.05, 3.63) is 66.4 Å². The van der Waals surface area contributed by atoms with Gasteiger partial charge in [0.05, 0.1) is 18.1 Å². The topological polar surface area (TPSA) is 104 Å². The molecule has 0 spiro atoms. The molecule has 0 atom stereocenters. The first-order valence-corrected chi connectivity index (χ1v) is 8.76. The van der Waals surface area contributed by atoms with Gasteiger partial charge < -0.3 is 9.73 Å². The summed E-state index contributed by atoms with van der Waals surface area (Å²) in [5.41, 5.74) is 1.60. The van der Waals surface area contributed by atoms with Crippen LogP contribution < -0.4 is 5.32 Å². The number of carbonyl (C=O) groups is 1. The highest BCUT2D eigenvalue weighted by Gasteiger charge is 2.11. The van der Waals surface area contributed by atoms with Crippen LogP contribution in [0.5, 0.6) is 0 Å². The Morgan fingerprint density at radius 2 is 2.04 bits per heavy atom. The highest BCUT2D eigenvalue weighted by molar-refractivity contribution is 5.89. The van der Waals surface area contributed by atoms with Crippen LogP contribution in [0.2, 0.25) is 0 Å². The Hall–Kier alpha value is -3.75. The van der Waals surface area contributed by atoms with Crippen LogP contribution in [0.25, 0.3) is 11.3 Å². The first-order chi connectivity index (χ1) is 13.6. The van der Waals surface area contributed by atoms with Crippen molar-refractivity contribution in [1.29, 1.82) is 0 Å². The van der Waals surface area contributed by atoms with Gasteiger partial charge in [-0.2, -0.15) is 10.2 Å². The zero-order valence-electron chi connectivity index (χ0n) is 15.5. The van der Waals surface area contributed by atoms with Crippen molar-refractivity contribution in [3.8, 4) is 11.3 Å². The number of hydrogen-bond donors (Lipinski definition) is 1. The predicted octanol–water partition coefficient (Wildman–Crippen LogP) is 2.43. The van der Waals surface area contributed by atoms with Crippen LogP contribution >= 0.6 is 0 Å². The van der Waals surface area contributed by atoms with Gasteiger partial charge in [0.15, 0.2) is 0 Å². The van der Waals surface area contributed by atoms with Crippen LogP contribution in [0.1, 0.15) is 17.3 Å². The molecule has 0 aliphatic heterocycles. The second-order valence-electron chi connectivity index (χ2n) is 6.35. The van der Waals surface area contributed by atoms with Gasteiger partial charge in [-0.05, 0) is 32.0 Å². The van der Waals surface area contributed by atoms with Crippen LogP contribution in [0.3, 0.4) is 0 Å². The first-order valence-electron chi connectivity index (χ1n) is 8.76. The quantitative estimate of drug-likeness (QED) is 0.553. The molecule has 0 unspecified atom stereocenters. The second kappa shape index (κ2) is 7.47. The minimum atomic E-state index is -0.203. The maximum Gasteiger partial charge on any atom is 0.247 e. The Bertz CT molecular complexity index is 1110. The van der Waals surface area contributed by atoms with E-state index in [1.807, 2.05) is 32.0 Å². The van der Waals surface area contributed by atoms with Crippen molar-refractivity contribution in [2.24, 2.45) is 0 Å². The average Bonchev–Trinajstić information content (AvgIpc) is 3.38. The number of anilines is 1. The number of nitrogens with zero attached hydrogens (tertiary/aromatic N) is 6. The average molecular weight is 377 g/mol. The monoisotopic (exact) mass is 377 g/mol. The standard InChI is InChI=1S/C19H19N7O2/c1-13-3-4-16(28-13)11-26-18(6-8-21-26)24-19(27)12-25-10-15(9-22-25)17-5-7-20-14(2)23-17/h3-10H,11-12H2,1-2H3,(H,24,27). The summed E-state index contributed by atoms with van der Waals surface area (Å²) in [6, 6.07) is 7.34. The molecule has 0 aliphatic rings. The van der Waals surface area contributed by atoms with Gasteiger partial charge in [-0.25, -0.2) is 14.6 Å². The van der Waals surface area contributed by atoms with E-state index in [9.17, 15) is 4.79 Å². The number of hydrogen-bond acceptors (Lipinski definition) is 6. The Labute approximate surface area is 161 Å². The Morgan fingerprint density at radius 1 is 1.14 bits per heavy atom. The van der Waals surface area contributed by atoms with Crippen molar-refractivity contribution in [2.45, 2.75) is 26.9 Å². The fourth-order valence-electron chi connectivity index (χ4n) is 2.81. The molecule has 9 heteroatoms. The molecule has 1 N–H and O–H groups in total. The van der Waals surface area contributed by atoms with E-state index < -0.39 is 0 Å². The van der Waals surface area contributed by atoms with Crippen LogP contribution in [0, 0.1) is 13.8 Å². The summed E-state index contributed by atoms with van der Waals surface area (Å²) in [7, 11) is 0.